The zero-order valence-corrected chi connectivity index (χ0v) is 12.2. The quantitative estimate of drug-likeness (QED) is 0.844. The van der Waals surface area contributed by atoms with E-state index >= 15 is 0 Å². The zero-order valence-electron chi connectivity index (χ0n) is 10.7. The Labute approximate surface area is 117 Å². The highest BCUT2D eigenvalue weighted by molar-refractivity contribution is 7.09. The summed E-state index contributed by atoms with van der Waals surface area (Å²) in [7, 11) is 0. The third-order valence-electron chi connectivity index (χ3n) is 2.79. The van der Waals surface area contributed by atoms with Crippen molar-refractivity contribution in [3.05, 3.63) is 50.4 Å². The number of nitrogens with zero attached hydrogens (tertiary/aromatic N) is 1. The average molecular weight is 281 g/mol. The molecule has 4 heteroatoms. The van der Waals surface area contributed by atoms with Crippen molar-refractivity contribution in [2.24, 2.45) is 0 Å². The molecule has 96 valence electrons. The summed E-state index contributed by atoms with van der Waals surface area (Å²) in [6.07, 6.45) is 0.976. The minimum atomic E-state index is 0.837. The number of aromatic nitrogens is 1. The van der Waals surface area contributed by atoms with Crippen molar-refractivity contribution in [1.29, 1.82) is 0 Å². The van der Waals surface area contributed by atoms with Gasteiger partial charge in [-0.2, -0.15) is 0 Å². The van der Waals surface area contributed by atoms with Crippen LogP contribution in [0.3, 0.4) is 0 Å². The van der Waals surface area contributed by atoms with Crippen LogP contribution in [0.2, 0.25) is 5.02 Å². The highest BCUT2D eigenvalue weighted by atomic mass is 35.5. The molecule has 0 aliphatic carbocycles. The van der Waals surface area contributed by atoms with Crippen molar-refractivity contribution in [3.63, 3.8) is 0 Å². The molecule has 1 heterocycles. The van der Waals surface area contributed by atoms with Gasteiger partial charge in [0.15, 0.2) is 0 Å². The molecule has 0 saturated heterocycles. The Morgan fingerprint density at radius 3 is 2.83 bits per heavy atom. The molecule has 2 aromatic rings. The van der Waals surface area contributed by atoms with E-state index in [9.17, 15) is 0 Å². The predicted octanol–water partition coefficient (Wildman–Crippen LogP) is 3.75. The lowest BCUT2D eigenvalue weighted by Crippen LogP contribution is -2.16. The van der Waals surface area contributed by atoms with Gasteiger partial charge >= 0.3 is 0 Å². The second-order valence-electron chi connectivity index (χ2n) is 4.37. The Balaban J connectivity index is 1.76. The molecule has 18 heavy (non-hydrogen) atoms. The number of halogens is 1. The van der Waals surface area contributed by atoms with Crippen LogP contribution < -0.4 is 5.32 Å². The van der Waals surface area contributed by atoms with Crippen LogP contribution in [0.25, 0.3) is 0 Å². The van der Waals surface area contributed by atoms with Gasteiger partial charge in [-0.25, -0.2) is 4.98 Å². The molecule has 0 bridgehead atoms. The van der Waals surface area contributed by atoms with Crippen LogP contribution in [-0.4, -0.2) is 11.5 Å². The summed E-state index contributed by atoms with van der Waals surface area (Å²) in [5.41, 5.74) is 3.52. The molecule has 2 rings (SSSR count). The molecule has 1 N–H and O–H groups in total. The second kappa shape index (κ2) is 6.32. The third-order valence-corrected chi connectivity index (χ3v) is 4.02. The van der Waals surface area contributed by atoms with Crippen LogP contribution in [0.15, 0.2) is 23.6 Å². The number of nitrogens with one attached hydrogen (secondary N) is 1. The standard InChI is InChI=1S/C14H17ClN2S/c1-10-3-4-12(7-14(10)15)8-16-6-5-13-9-18-11(2)17-13/h3-4,7,9,16H,5-6,8H2,1-2H3. The lowest BCUT2D eigenvalue weighted by atomic mass is 10.1. The van der Waals surface area contributed by atoms with E-state index in [1.54, 1.807) is 11.3 Å². The van der Waals surface area contributed by atoms with Gasteiger partial charge < -0.3 is 5.32 Å². The van der Waals surface area contributed by atoms with Crippen LogP contribution in [0.5, 0.6) is 0 Å². The molecule has 1 aromatic carbocycles. The molecule has 0 amide bonds. The number of benzene rings is 1. The van der Waals surface area contributed by atoms with Crippen LogP contribution >= 0.6 is 22.9 Å². The van der Waals surface area contributed by atoms with Crippen molar-refractivity contribution in [2.75, 3.05) is 6.54 Å². The van der Waals surface area contributed by atoms with Crippen molar-refractivity contribution in [1.82, 2.24) is 10.3 Å². The zero-order chi connectivity index (χ0) is 13.0. The van der Waals surface area contributed by atoms with Crippen LogP contribution in [0.4, 0.5) is 0 Å². The van der Waals surface area contributed by atoms with Crippen molar-refractivity contribution in [3.8, 4) is 0 Å². The monoisotopic (exact) mass is 280 g/mol. The van der Waals surface area contributed by atoms with Gasteiger partial charge in [0.2, 0.25) is 0 Å². The minimum absolute atomic E-state index is 0.837. The van der Waals surface area contributed by atoms with Gasteiger partial charge in [-0.3, -0.25) is 0 Å². The van der Waals surface area contributed by atoms with Gasteiger partial charge in [-0.1, -0.05) is 23.7 Å². The number of aryl methyl sites for hydroxylation is 2. The topological polar surface area (TPSA) is 24.9 Å². The number of hydrogen-bond acceptors (Lipinski definition) is 3. The Bertz CT molecular complexity index is 522. The number of thiazole rings is 1. The van der Waals surface area contributed by atoms with Gasteiger partial charge in [0.05, 0.1) is 10.7 Å². The molecular weight excluding hydrogens is 264 g/mol. The molecule has 2 nitrogen and oxygen atoms in total. The van der Waals surface area contributed by atoms with Gasteiger partial charge in [0.25, 0.3) is 0 Å². The van der Waals surface area contributed by atoms with Crippen LogP contribution in [-0.2, 0) is 13.0 Å². The summed E-state index contributed by atoms with van der Waals surface area (Å²) in [4.78, 5) is 4.44. The fourth-order valence-corrected chi connectivity index (χ4v) is 2.57. The van der Waals surface area contributed by atoms with Crippen molar-refractivity contribution < 1.29 is 0 Å². The lowest BCUT2D eigenvalue weighted by molar-refractivity contribution is 0.681. The molecule has 0 radical (unpaired) electrons. The fraction of sp³-hybridized carbons (Fsp3) is 0.357. The van der Waals surface area contributed by atoms with E-state index in [0.29, 0.717) is 0 Å². The van der Waals surface area contributed by atoms with E-state index in [4.69, 9.17) is 11.6 Å². The molecule has 1 aromatic heterocycles. The molecule has 0 aliphatic rings. The maximum atomic E-state index is 6.09. The minimum Gasteiger partial charge on any atom is -0.312 e. The highest BCUT2D eigenvalue weighted by Gasteiger charge is 2.00. The predicted molar refractivity (Wildman–Crippen MR) is 78.5 cm³/mol. The lowest BCUT2D eigenvalue weighted by Gasteiger charge is -2.05. The largest absolute Gasteiger partial charge is 0.312 e. The molecule has 0 unspecified atom stereocenters. The van der Waals surface area contributed by atoms with E-state index in [1.165, 1.54) is 11.3 Å². The van der Waals surface area contributed by atoms with E-state index in [0.717, 1.165) is 35.1 Å². The second-order valence-corrected chi connectivity index (χ2v) is 5.84. The summed E-state index contributed by atoms with van der Waals surface area (Å²) in [5, 5.41) is 7.51. The third kappa shape index (κ3) is 3.80. The summed E-state index contributed by atoms with van der Waals surface area (Å²) < 4.78 is 0. The molecule has 0 atom stereocenters. The van der Waals surface area contributed by atoms with E-state index in [-0.39, 0.29) is 0 Å². The van der Waals surface area contributed by atoms with Gasteiger partial charge in [0.1, 0.15) is 0 Å². The van der Waals surface area contributed by atoms with E-state index in [2.05, 4.69) is 27.8 Å². The first-order chi connectivity index (χ1) is 8.65. The Morgan fingerprint density at radius 1 is 1.33 bits per heavy atom. The molecule has 0 aliphatic heterocycles. The van der Waals surface area contributed by atoms with Gasteiger partial charge in [0, 0.05) is 29.9 Å². The Morgan fingerprint density at radius 2 is 2.17 bits per heavy atom. The Hall–Kier alpha value is -0.900. The van der Waals surface area contributed by atoms with Gasteiger partial charge in [-0.15, -0.1) is 11.3 Å². The maximum absolute atomic E-state index is 6.09. The normalized spacial score (nSPS) is 10.8. The SMILES string of the molecule is Cc1nc(CCNCc2ccc(C)c(Cl)c2)cs1. The molecule has 0 saturated carbocycles. The first-order valence-electron chi connectivity index (χ1n) is 6.02. The van der Waals surface area contributed by atoms with Gasteiger partial charge in [-0.05, 0) is 31.0 Å². The number of rotatable bonds is 5. The van der Waals surface area contributed by atoms with Crippen LogP contribution in [0, 0.1) is 13.8 Å². The smallest absolute Gasteiger partial charge is 0.0897 e. The summed E-state index contributed by atoms with van der Waals surface area (Å²) in [6, 6.07) is 6.20. The molecule has 0 fully saturated rings. The first-order valence-corrected chi connectivity index (χ1v) is 7.27. The molecular formula is C14H17ClN2S. The van der Waals surface area contributed by atoms with Crippen molar-refractivity contribution in [2.45, 2.75) is 26.8 Å². The summed E-state index contributed by atoms with van der Waals surface area (Å²) >= 11 is 7.79. The maximum Gasteiger partial charge on any atom is 0.0897 e. The summed E-state index contributed by atoms with van der Waals surface area (Å²) in [6.45, 7) is 5.85. The van der Waals surface area contributed by atoms with Crippen molar-refractivity contribution >= 4 is 22.9 Å². The summed E-state index contributed by atoms with van der Waals surface area (Å²) in [5.74, 6) is 0. The van der Waals surface area contributed by atoms with E-state index in [1.807, 2.05) is 19.9 Å². The number of hydrogen-bond donors (Lipinski definition) is 1. The van der Waals surface area contributed by atoms with E-state index < -0.39 is 0 Å². The van der Waals surface area contributed by atoms with Crippen LogP contribution in [0.1, 0.15) is 21.8 Å². The first kappa shape index (κ1) is 13.5. The average Bonchev–Trinajstić information content (AvgIpc) is 2.75. The fourth-order valence-electron chi connectivity index (χ4n) is 1.72. The highest BCUT2D eigenvalue weighted by Crippen LogP contribution is 2.16. The Kier molecular flexibility index (Phi) is 4.75. The molecule has 0 spiro atoms.